The van der Waals surface area contributed by atoms with Gasteiger partial charge in [0.1, 0.15) is 5.78 Å². The number of Topliss-reactive ketones (excluding diaryl/α,β-unsaturated/α-hetero) is 1. The SMILES string of the molecule is CC12CCC(CC1=O)C2(C)C.[O-][n+]1ccno1. The van der Waals surface area contributed by atoms with Crippen molar-refractivity contribution in [2.24, 2.45) is 16.7 Å². The van der Waals surface area contributed by atoms with E-state index in [1.165, 1.54) is 18.8 Å². The maximum absolute atomic E-state index is 11.6. The second-order valence-electron chi connectivity index (χ2n) is 5.69. The van der Waals surface area contributed by atoms with Gasteiger partial charge in [0.25, 0.3) is 0 Å². The molecule has 2 bridgehead atoms. The van der Waals surface area contributed by atoms with Crippen molar-refractivity contribution in [3.05, 3.63) is 17.6 Å². The van der Waals surface area contributed by atoms with E-state index in [9.17, 15) is 10.0 Å². The van der Waals surface area contributed by atoms with Crippen LogP contribution in [0.15, 0.2) is 17.0 Å². The summed E-state index contributed by atoms with van der Waals surface area (Å²) in [4.78, 5) is 11.8. The minimum atomic E-state index is 0.0255. The van der Waals surface area contributed by atoms with Crippen molar-refractivity contribution in [3.63, 3.8) is 0 Å². The normalized spacial score (nSPS) is 33.4. The van der Waals surface area contributed by atoms with Crippen molar-refractivity contribution in [3.8, 4) is 0 Å². The molecule has 2 unspecified atom stereocenters. The lowest BCUT2D eigenvalue weighted by Gasteiger charge is -2.32. The molecule has 17 heavy (non-hydrogen) atoms. The summed E-state index contributed by atoms with van der Waals surface area (Å²) in [6, 6.07) is 0. The Bertz CT molecular complexity index is 413. The molecule has 5 nitrogen and oxygen atoms in total. The molecule has 0 saturated heterocycles. The van der Waals surface area contributed by atoms with Crippen LogP contribution < -0.4 is 4.90 Å². The van der Waals surface area contributed by atoms with Gasteiger partial charge in [-0.15, -0.1) is 0 Å². The zero-order chi connectivity index (χ0) is 12.7. The molecule has 1 heterocycles. The van der Waals surface area contributed by atoms with Gasteiger partial charge in [0.15, 0.2) is 6.20 Å². The highest BCUT2D eigenvalue weighted by Gasteiger charge is 2.61. The average molecular weight is 238 g/mol. The van der Waals surface area contributed by atoms with Crippen LogP contribution in [0.5, 0.6) is 0 Å². The molecular weight excluding hydrogens is 220 g/mol. The smallest absolute Gasteiger partial charge is 0.205 e. The highest BCUT2D eigenvalue weighted by molar-refractivity contribution is 5.89. The Balaban J connectivity index is 0.000000153. The molecule has 2 aliphatic rings. The van der Waals surface area contributed by atoms with Gasteiger partial charge in [-0.25, -0.2) is 0 Å². The zero-order valence-electron chi connectivity index (χ0n) is 10.5. The first-order chi connectivity index (χ1) is 7.88. The summed E-state index contributed by atoms with van der Waals surface area (Å²) < 4.78 is 3.94. The minimum absolute atomic E-state index is 0.0255. The van der Waals surface area contributed by atoms with E-state index in [0.717, 1.165) is 12.8 Å². The Kier molecular flexibility index (Phi) is 2.72. The number of fused-ring (bicyclic) bond motifs is 2. The first-order valence-corrected chi connectivity index (χ1v) is 5.91. The predicted molar refractivity (Wildman–Crippen MR) is 59.7 cm³/mol. The molecule has 0 spiro atoms. The van der Waals surface area contributed by atoms with Crippen LogP contribution in [-0.4, -0.2) is 10.9 Å². The molecule has 0 radical (unpaired) electrons. The van der Waals surface area contributed by atoms with Crippen molar-refractivity contribution in [2.45, 2.75) is 40.0 Å². The van der Waals surface area contributed by atoms with Crippen LogP contribution in [0.3, 0.4) is 0 Å². The predicted octanol–water partition coefficient (Wildman–Crippen LogP) is 1.71. The standard InChI is InChI=1S/C10H16O.C2H2N2O2/c1-9(2)7-4-5-10(9,3)8(11)6-7;5-4-2-1-3-6-4/h7H,4-6H2,1-3H3;1-2H. The molecule has 3 rings (SSSR count). The zero-order valence-corrected chi connectivity index (χ0v) is 10.5. The monoisotopic (exact) mass is 238 g/mol. The number of hydrogen-bond acceptors (Lipinski definition) is 4. The van der Waals surface area contributed by atoms with Crippen LogP contribution in [-0.2, 0) is 4.79 Å². The third kappa shape index (κ3) is 1.73. The maximum atomic E-state index is 11.6. The van der Waals surface area contributed by atoms with Crippen LogP contribution in [0.1, 0.15) is 40.0 Å². The Hall–Kier alpha value is -1.39. The molecule has 2 saturated carbocycles. The lowest BCUT2D eigenvalue weighted by atomic mass is 9.70. The molecule has 0 aromatic carbocycles. The molecule has 5 heteroatoms. The second-order valence-corrected chi connectivity index (χ2v) is 5.69. The fourth-order valence-corrected chi connectivity index (χ4v) is 3.08. The van der Waals surface area contributed by atoms with E-state index in [1.807, 2.05) is 0 Å². The molecule has 2 atom stereocenters. The summed E-state index contributed by atoms with van der Waals surface area (Å²) in [5, 5.41) is 12.9. The Morgan fingerprint density at radius 2 is 2.24 bits per heavy atom. The van der Waals surface area contributed by atoms with Gasteiger partial charge < -0.3 is 5.21 Å². The fraction of sp³-hybridized carbons (Fsp3) is 0.750. The first kappa shape index (κ1) is 12.1. The first-order valence-electron chi connectivity index (χ1n) is 5.91. The van der Waals surface area contributed by atoms with Gasteiger partial charge in [-0.2, -0.15) is 0 Å². The minimum Gasteiger partial charge on any atom is -0.360 e. The molecule has 2 aliphatic carbocycles. The average Bonchev–Trinajstić information content (AvgIpc) is 2.85. The third-order valence-electron chi connectivity index (χ3n) is 4.86. The number of carbonyl (C=O) groups is 1. The van der Waals surface area contributed by atoms with Crippen molar-refractivity contribution >= 4 is 5.78 Å². The van der Waals surface area contributed by atoms with Gasteiger partial charge in [0, 0.05) is 17.0 Å². The number of carbonyl (C=O) groups excluding carboxylic acids is 1. The number of nitrogens with zero attached hydrogens (tertiary/aromatic N) is 2. The third-order valence-corrected chi connectivity index (χ3v) is 4.86. The lowest BCUT2D eigenvalue weighted by molar-refractivity contribution is -0.802. The summed E-state index contributed by atoms with van der Waals surface area (Å²) in [5.41, 5.74) is 0.307. The van der Waals surface area contributed by atoms with Crippen LogP contribution in [0, 0.1) is 22.0 Å². The van der Waals surface area contributed by atoms with Gasteiger partial charge in [0.2, 0.25) is 6.20 Å². The van der Waals surface area contributed by atoms with Crippen molar-refractivity contribution in [2.75, 3.05) is 0 Å². The topological polar surface area (TPSA) is 70.0 Å². The molecule has 1 aromatic heterocycles. The van der Waals surface area contributed by atoms with E-state index < -0.39 is 0 Å². The van der Waals surface area contributed by atoms with Crippen molar-refractivity contribution in [1.82, 2.24) is 5.16 Å². The van der Waals surface area contributed by atoms with Gasteiger partial charge in [-0.1, -0.05) is 20.8 Å². The Morgan fingerprint density at radius 3 is 2.41 bits per heavy atom. The molecular formula is C12H18N2O3. The van der Waals surface area contributed by atoms with Crippen LogP contribution in [0.2, 0.25) is 0 Å². The van der Waals surface area contributed by atoms with E-state index >= 15 is 0 Å². The fourth-order valence-electron chi connectivity index (χ4n) is 3.08. The lowest BCUT2D eigenvalue weighted by Crippen LogP contribution is -2.32. The summed E-state index contributed by atoms with van der Waals surface area (Å²) in [5.74, 6) is 1.19. The van der Waals surface area contributed by atoms with E-state index in [1.54, 1.807) is 0 Å². The summed E-state index contributed by atoms with van der Waals surface area (Å²) in [6.07, 6.45) is 5.69. The number of rotatable bonds is 0. The van der Waals surface area contributed by atoms with Gasteiger partial charge in [0.05, 0.1) is 0 Å². The quantitative estimate of drug-likeness (QED) is 0.645. The van der Waals surface area contributed by atoms with Crippen molar-refractivity contribution in [1.29, 1.82) is 0 Å². The molecule has 0 N–H and O–H groups in total. The van der Waals surface area contributed by atoms with E-state index in [2.05, 4.69) is 30.6 Å². The molecule has 1 aromatic rings. The largest absolute Gasteiger partial charge is 0.360 e. The number of aromatic nitrogens is 2. The summed E-state index contributed by atoms with van der Waals surface area (Å²) >= 11 is 0. The van der Waals surface area contributed by atoms with Gasteiger partial charge in [-0.05, 0) is 29.1 Å². The Labute approximate surface area is 100 Å². The van der Waals surface area contributed by atoms with Crippen LogP contribution in [0.25, 0.3) is 0 Å². The Morgan fingerprint density at radius 1 is 1.53 bits per heavy atom. The van der Waals surface area contributed by atoms with Crippen LogP contribution in [0.4, 0.5) is 0 Å². The molecule has 0 amide bonds. The highest BCUT2D eigenvalue weighted by Crippen LogP contribution is 2.63. The number of hydrogen-bond donors (Lipinski definition) is 0. The van der Waals surface area contributed by atoms with Gasteiger partial charge in [-0.3, -0.25) is 9.42 Å². The van der Waals surface area contributed by atoms with Crippen molar-refractivity contribution < 1.29 is 14.3 Å². The molecule has 2 fully saturated rings. The van der Waals surface area contributed by atoms with E-state index in [0.29, 0.717) is 11.7 Å². The summed E-state index contributed by atoms with van der Waals surface area (Å²) in [7, 11) is 0. The number of ketones is 1. The molecule has 94 valence electrons. The maximum Gasteiger partial charge on any atom is 0.205 e. The second kappa shape index (κ2) is 3.82. The van der Waals surface area contributed by atoms with E-state index in [-0.39, 0.29) is 15.7 Å². The van der Waals surface area contributed by atoms with Gasteiger partial charge >= 0.3 is 0 Å². The van der Waals surface area contributed by atoms with E-state index in [4.69, 9.17) is 0 Å². The molecule has 0 aliphatic heterocycles. The van der Waals surface area contributed by atoms with Crippen LogP contribution >= 0.6 is 0 Å². The summed E-state index contributed by atoms with van der Waals surface area (Å²) in [6.45, 7) is 6.67. The highest BCUT2D eigenvalue weighted by atomic mass is 16.8.